The summed E-state index contributed by atoms with van der Waals surface area (Å²) < 4.78 is 31.0. The highest BCUT2D eigenvalue weighted by Gasteiger charge is 2.18. The minimum absolute atomic E-state index is 0.164. The molecule has 2 aromatic carbocycles. The quantitative estimate of drug-likeness (QED) is 0.395. The number of hydrogen-bond acceptors (Lipinski definition) is 5. The second-order valence-corrected chi connectivity index (χ2v) is 9.73. The van der Waals surface area contributed by atoms with Crippen LogP contribution in [-0.4, -0.2) is 39.7 Å². The zero-order valence-corrected chi connectivity index (χ0v) is 20.0. The van der Waals surface area contributed by atoms with Crippen LogP contribution in [0.15, 0.2) is 42.5 Å². The van der Waals surface area contributed by atoms with Crippen molar-refractivity contribution in [2.24, 2.45) is 0 Å². The molecule has 0 unspecified atom stereocenters. The highest BCUT2D eigenvalue weighted by molar-refractivity contribution is 7.92. The van der Waals surface area contributed by atoms with Crippen LogP contribution >= 0.6 is 0 Å². The Kier molecular flexibility index (Phi) is 9.26. The number of carbonyl (C=O) groups is 2. The fraction of sp³-hybridized carbons (Fsp3) is 0.417. The molecule has 0 saturated heterocycles. The smallest absolute Gasteiger partial charge is 0.338 e. The number of nitrogens with one attached hydrogen (secondary N) is 1. The molecule has 174 valence electrons. The molecule has 0 aliphatic heterocycles. The molecule has 0 spiro atoms. The van der Waals surface area contributed by atoms with Gasteiger partial charge >= 0.3 is 5.97 Å². The number of hydrogen-bond donors (Lipinski definition) is 1. The molecule has 0 aromatic heterocycles. The number of rotatable bonds is 11. The molecule has 7 nitrogen and oxygen atoms in total. The maximum atomic E-state index is 12.3. The SMILES string of the molecule is CCCCOC(=O)c1ccc(NC(=O)CCCN(c2ccc(C)c(C)c2)S(C)(=O)=O)cc1. The number of ether oxygens (including phenoxy) is 1. The summed E-state index contributed by atoms with van der Waals surface area (Å²) in [5, 5.41) is 2.77. The molecule has 1 amide bonds. The van der Waals surface area contributed by atoms with E-state index in [0.717, 1.165) is 30.2 Å². The normalized spacial score (nSPS) is 11.1. The number of aryl methyl sites for hydroxylation is 2. The second kappa shape index (κ2) is 11.7. The average molecular weight is 461 g/mol. The van der Waals surface area contributed by atoms with Gasteiger partial charge in [0.2, 0.25) is 15.9 Å². The van der Waals surface area contributed by atoms with Gasteiger partial charge in [0.05, 0.1) is 24.1 Å². The molecule has 0 aliphatic rings. The Morgan fingerprint density at radius 2 is 1.69 bits per heavy atom. The Balaban J connectivity index is 1.90. The lowest BCUT2D eigenvalue weighted by molar-refractivity contribution is -0.116. The van der Waals surface area contributed by atoms with E-state index in [1.807, 2.05) is 32.9 Å². The lowest BCUT2D eigenvalue weighted by Crippen LogP contribution is -2.31. The first-order valence-corrected chi connectivity index (χ1v) is 12.6. The van der Waals surface area contributed by atoms with Crippen molar-refractivity contribution in [1.29, 1.82) is 0 Å². The van der Waals surface area contributed by atoms with E-state index < -0.39 is 10.0 Å². The third kappa shape index (κ3) is 7.67. The van der Waals surface area contributed by atoms with Crippen LogP contribution in [0, 0.1) is 13.8 Å². The summed E-state index contributed by atoms with van der Waals surface area (Å²) in [5.74, 6) is -0.611. The molecule has 2 aromatic rings. The van der Waals surface area contributed by atoms with E-state index in [0.29, 0.717) is 30.0 Å². The first-order valence-electron chi connectivity index (χ1n) is 10.7. The summed E-state index contributed by atoms with van der Waals surface area (Å²) in [6.07, 6.45) is 3.47. The van der Waals surface area contributed by atoms with E-state index in [-0.39, 0.29) is 24.8 Å². The summed E-state index contributed by atoms with van der Waals surface area (Å²) in [6.45, 7) is 6.52. The van der Waals surface area contributed by atoms with Crippen LogP contribution in [0.3, 0.4) is 0 Å². The van der Waals surface area contributed by atoms with Gasteiger partial charge in [-0.3, -0.25) is 9.10 Å². The monoisotopic (exact) mass is 460 g/mol. The van der Waals surface area contributed by atoms with Gasteiger partial charge in [0.15, 0.2) is 0 Å². The second-order valence-electron chi connectivity index (χ2n) is 7.82. The van der Waals surface area contributed by atoms with Gasteiger partial charge in [-0.2, -0.15) is 0 Å². The number of unbranched alkanes of at least 4 members (excludes halogenated alkanes) is 1. The van der Waals surface area contributed by atoms with Gasteiger partial charge in [0.1, 0.15) is 0 Å². The van der Waals surface area contributed by atoms with E-state index >= 15 is 0 Å². The van der Waals surface area contributed by atoms with Crippen LogP contribution in [0.25, 0.3) is 0 Å². The largest absolute Gasteiger partial charge is 0.462 e. The Bertz CT molecular complexity index is 1030. The molecule has 2 rings (SSSR count). The van der Waals surface area contributed by atoms with E-state index in [2.05, 4.69) is 5.32 Å². The lowest BCUT2D eigenvalue weighted by Gasteiger charge is -2.23. The molecule has 0 bridgehead atoms. The summed E-state index contributed by atoms with van der Waals surface area (Å²) in [5.41, 5.74) is 3.68. The van der Waals surface area contributed by atoms with Crippen LogP contribution < -0.4 is 9.62 Å². The Hall–Kier alpha value is -2.87. The summed E-state index contributed by atoms with van der Waals surface area (Å²) in [7, 11) is -3.47. The third-order valence-electron chi connectivity index (χ3n) is 5.08. The molecule has 0 atom stereocenters. The Morgan fingerprint density at radius 1 is 1.00 bits per heavy atom. The van der Waals surface area contributed by atoms with Crippen molar-refractivity contribution in [3.05, 3.63) is 59.2 Å². The summed E-state index contributed by atoms with van der Waals surface area (Å²) >= 11 is 0. The number of sulfonamides is 1. The third-order valence-corrected chi connectivity index (χ3v) is 6.27. The summed E-state index contributed by atoms with van der Waals surface area (Å²) in [6, 6.07) is 12.0. The van der Waals surface area contributed by atoms with E-state index in [4.69, 9.17) is 4.74 Å². The molecule has 0 aliphatic carbocycles. The first kappa shape index (κ1) is 25.4. The lowest BCUT2D eigenvalue weighted by atomic mass is 10.1. The zero-order valence-electron chi connectivity index (χ0n) is 19.2. The number of amides is 1. The molecule has 0 radical (unpaired) electrons. The maximum Gasteiger partial charge on any atom is 0.338 e. The van der Waals surface area contributed by atoms with Crippen LogP contribution in [-0.2, 0) is 19.6 Å². The maximum absolute atomic E-state index is 12.3. The van der Waals surface area contributed by atoms with Crippen LogP contribution in [0.5, 0.6) is 0 Å². The van der Waals surface area contributed by atoms with Gasteiger partial charge in [-0.05, 0) is 74.2 Å². The Morgan fingerprint density at radius 3 is 2.28 bits per heavy atom. The van der Waals surface area contributed by atoms with Crippen molar-refractivity contribution in [3.8, 4) is 0 Å². The Labute approximate surface area is 190 Å². The fourth-order valence-electron chi connectivity index (χ4n) is 3.06. The molecule has 1 N–H and O–H groups in total. The van der Waals surface area contributed by atoms with Crippen molar-refractivity contribution >= 4 is 33.3 Å². The van der Waals surface area contributed by atoms with Crippen molar-refractivity contribution in [2.45, 2.75) is 46.5 Å². The van der Waals surface area contributed by atoms with Gasteiger partial charge in [0.25, 0.3) is 0 Å². The number of benzene rings is 2. The molecule has 0 fully saturated rings. The highest BCUT2D eigenvalue weighted by atomic mass is 32.2. The first-order chi connectivity index (χ1) is 15.1. The standard InChI is InChI=1S/C24H32N2O5S/c1-5-6-16-31-24(28)20-10-12-21(13-11-20)25-23(27)8-7-15-26(32(4,29)30)22-14-9-18(2)19(3)17-22/h9-14,17H,5-8,15-16H2,1-4H3,(H,25,27). The molecular formula is C24H32N2O5S. The van der Waals surface area contributed by atoms with Gasteiger partial charge in [-0.15, -0.1) is 0 Å². The van der Waals surface area contributed by atoms with Crippen LogP contribution in [0.1, 0.15) is 54.1 Å². The highest BCUT2D eigenvalue weighted by Crippen LogP contribution is 2.22. The van der Waals surface area contributed by atoms with E-state index in [9.17, 15) is 18.0 Å². The van der Waals surface area contributed by atoms with E-state index in [1.54, 1.807) is 30.3 Å². The van der Waals surface area contributed by atoms with Gasteiger partial charge < -0.3 is 10.1 Å². The van der Waals surface area contributed by atoms with E-state index in [1.165, 1.54) is 4.31 Å². The van der Waals surface area contributed by atoms with Crippen LogP contribution in [0.2, 0.25) is 0 Å². The topological polar surface area (TPSA) is 92.8 Å². The predicted octanol–water partition coefficient (Wildman–Crippen LogP) is 4.45. The number of anilines is 2. The van der Waals surface area contributed by atoms with Gasteiger partial charge in [-0.1, -0.05) is 19.4 Å². The van der Waals surface area contributed by atoms with Crippen LogP contribution in [0.4, 0.5) is 11.4 Å². The molecular weight excluding hydrogens is 428 g/mol. The van der Waals surface area contributed by atoms with Crippen molar-refractivity contribution < 1.29 is 22.7 Å². The zero-order chi connectivity index (χ0) is 23.7. The van der Waals surface area contributed by atoms with Crippen molar-refractivity contribution in [2.75, 3.05) is 29.0 Å². The molecule has 8 heteroatoms. The number of carbonyl (C=O) groups excluding carboxylic acids is 2. The average Bonchev–Trinajstić information content (AvgIpc) is 2.73. The van der Waals surface area contributed by atoms with Gasteiger partial charge in [-0.25, -0.2) is 13.2 Å². The molecule has 32 heavy (non-hydrogen) atoms. The number of esters is 1. The van der Waals surface area contributed by atoms with Crippen molar-refractivity contribution in [3.63, 3.8) is 0 Å². The fourth-order valence-corrected chi connectivity index (χ4v) is 4.01. The van der Waals surface area contributed by atoms with Crippen molar-refractivity contribution in [1.82, 2.24) is 0 Å². The number of nitrogens with zero attached hydrogens (tertiary/aromatic N) is 1. The minimum Gasteiger partial charge on any atom is -0.462 e. The summed E-state index contributed by atoms with van der Waals surface area (Å²) in [4.78, 5) is 24.2. The molecule has 0 saturated carbocycles. The van der Waals surface area contributed by atoms with Gasteiger partial charge in [0, 0.05) is 18.7 Å². The minimum atomic E-state index is -3.47. The molecule has 0 heterocycles. The predicted molar refractivity (Wildman–Crippen MR) is 128 cm³/mol.